The maximum absolute atomic E-state index is 12.2. The first-order chi connectivity index (χ1) is 13.9. The lowest BCUT2D eigenvalue weighted by Gasteiger charge is -2.25. The number of nitrogens with zero attached hydrogens (tertiary/aromatic N) is 2. The summed E-state index contributed by atoms with van der Waals surface area (Å²) in [6, 6.07) is 6.97. The minimum absolute atomic E-state index is 0. The van der Waals surface area contributed by atoms with Gasteiger partial charge in [0, 0.05) is 32.8 Å². The van der Waals surface area contributed by atoms with E-state index >= 15 is 0 Å². The van der Waals surface area contributed by atoms with Crippen molar-refractivity contribution in [3.8, 4) is 5.75 Å². The van der Waals surface area contributed by atoms with E-state index in [0.717, 1.165) is 50.7 Å². The standard InChI is InChI=1S/C20H31F3N4O2.HI/c1-3-24-19(26-14-17-5-4-10-27(17)11-12-28-2)25-13-16-6-8-18(9-7-16)29-15-20(21,22)23;/h6-9,17H,3-5,10-15H2,1-2H3,(H2,24,25,26);1H. The summed E-state index contributed by atoms with van der Waals surface area (Å²) in [7, 11) is 1.72. The van der Waals surface area contributed by atoms with Crippen LogP contribution in [0, 0.1) is 0 Å². The maximum Gasteiger partial charge on any atom is 0.422 e. The predicted octanol–water partition coefficient (Wildman–Crippen LogP) is 3.41. The quantitative estimate of drug-likeness (QED) is 0.269. The van der Waals surface area contributed by atoms with Gasteiger partial charge in [0.15, 0.2) is 12.6 Å². The fourth-order valence-corrected chi connectivity index (χ4v) is 3.21. The molecular formula is C20H32F3IN4O2. The highest BCUT2D eigenvalue weighted by atomic mass is 127. The van der Waals surface area contributed by atoms with Crippen LogP contribution in [0.3, 0.4) is 0 Å². The van der Waals surface area contributed by atoms with Gasteiger partial charge in [0.2, 0.25) is 0 Å². The zero-order chi connectivity index (χ0) is 21.1. The summed E-state index contributed by atoms with van der Waals surface area (Å²) in [5, 5.41) is 6.62. The van der Waals surface area contributed by atoms with E-state index in [4.69, 9.17) is 9.47 Å². The maximum atomic E-state index is 12.2. The first-order valence-corrected chi connectivity index (χ1v) is 9.95. The minimum atomic E-state index is -4.34. The summed E-state index contributed by atoms with van der Waals surface area (Å²) in [6.45, 7) is 5.44. The van der Waals surface area contributed by atoms with Crippen molar-refractivity contribution in [2.45, 2.75) is 38.5 Å². The highest BCUT2D eigenvalue weighted by molar-refractivity contribution is 14.0. The summed E-state index contributed by atoms with van der Waals surface area (Å²) >= 11 is 0. The van der Waals surface area contributed by atoms with E-state index in [-0.39, 0.29) is 29.7 Å². The Kier molecular flexibility index (Phi) is 12.4. The Balaban J connectivity index is 0.00000450. The molecule has 0 amide bonds. The van der Waals surface area contributed by atoms with Gasteiger partial charge in [-0.15, -0.1) is 24.0 Å². The van der Waals surface area contributed by atoms with Gasteiger partial charge in [-0.05, 0) is 44.0 Å². The molecule has 1 heterocycles. The molecule has 1 saturated heterocycles. The van der Waals surface area contributed by atoms with Crippen LogP contribution in [-0.4, -0.2) is 69.6 Å². The topological polar surface area (TPSA) is 58.1 Å². The largest absolute Gasteiger partial charge is 0.484 e. The third-order valence-electron chi connectivity index (χ3n) is 4.68. The smallest absolute Gasteiger partial charge is 0.422 e. The van der Waals surface area contributed by atoms with E-state index in [9.17, 15) is 13.2 Å². The van der Waals surface area contributed by atoms with Crippen molar-refractivity contribution in [1.29, 1.82) is 0 Å². The molecule has 0 bridgehead atoms. The molecule has 6 nitrogen and oxygen atoms in total. The fraction of sp³-hybridized carbons (Fsp3) is 0.650. The second kappa shape index (κ2) is 13.9. The third-order valence-corrected chi connectivity index (χ3v) is 4.68. The van der Waals surface area contributed by atoms with Gasteiger partial charge in [0.1, 0.15) is 5.75 Å². The molecule has 2 N–H and O–H groups in total. The number of likely N-dealkylation sites (tertiary alicyclic amines) is 1. The Morgan fingerprint density at radius 1 is 1.23 bits per heavy atom. The Hall–Kier alpha value is -1.27. The zero-order valence-corrected chi connectivity index (χ0v) is 19.8. The third kappa shape index (κ3) is 10.2. The van der Waals surface area contributed by atoms with Crippen molar-refractivity contribution in [1.82, 2.24) is 15.5 Å². The van der Waals surface area contributed by atoms with Crippen molar-refractivity contribution in [2.75, 3.05) is 46.5 Å². The molecule has 1 aromatic carbocycles. The molecule has 2 rings (SSSR count). The molecule has 172 valence electrons. The number of hydrogen-bond acceptors (Lipinski definition) is 4. The molecule has 10 heteroatoms. The van der Waals surface area contributed by atoms with Crippen molar-refractivity contribution < 1.29 is 22.6 Å². The molecule has 0 radical (unpaired) electrons. The molecule has 1 aliphatic heterocycles. The summed E-state index contributed by atoms with van der Waals surface area (Å²) in [6.07, 6.45) is -2.00. The average molecular weight is 544 g/mol. The van der Waals surface area contributed by atoms with Crippen LogP contribution >= 0.6 is 24.0 Å². The van der Waals surface area contributed by atoms with Crippen molar-refractivity contribution in [3.05, 3.63) is 29.8 Å². The number of guanidine groups is 1. The summed E-state index contributed by atoms with van der Waals surface area (Å²) in [5.74, 6) is 0.918. The van der Waals surface area contributed by atoms with Gasteiger partial charge in [0.05, 0.1) is 13.2 Å². The van der Waals surface area contributed by atoms with E-state index in [2.05, 4.69) is 20.5 Å². The first kappa shape index (κ1) is 26.8. The van der Waals surface area contributed by atoms with Gasteiger partial charge in [0.25, 0.3) is 0 Å². The van der Waals surface area contributed by atoms with Crippen LogP contribution in [0.15, 0.2) is 29.3 Å². The minimum Gasteiger partial charge on any atom is -0.484 e. The lowest BCUT2D eigenvalue weighted by molar-refractivity contribution is -0.153. The number of halogens is 4. The molecule has 1 aromatic rings. The summed E-state index contributed by atoms with van der Waals surface area (Å²) in [5.41, 5.74) is 0.893. The normalized spacial score (nSPS) is 17.5. The molecule has 0 aliphatic carbocycles. The van der Waals surface area contributed by atoms with Crippen LogP contribution in [0.2, 0.25) is 0 Å². The Bertz CT molecular complexity index is 629. The Morgan fingerprint density at radius 2 is 1.97 bits per heavy atom. The number of ether oxygens (including phenoxy) is 2. The van der Waals surface area contributed by atoms with Gasteiger partial charge in [-0.25, -0.2) is 4.99 Å². The summed E-state index contributed by atoms with van der Waals surface area (Å²) < 4.78 is 46.5. The Labute approximate surface area is 193 Å². The van der Waals surface area contributed by atoms with Gasteiger partial charge >= 0.3 is 6.18 Å². The van der Waals surface area contributed by atoms with E-state index < -0.39 is 12.8 Å². The van der Waals surface area contributed by atoms with E-state index in [1.807, 2.05) is 6.92 Å². The summed E-state index contributed by atoms with van der Waals surface area (Å²) in [4.78, 5) is 7.01. The van der Waals surface area contributed by atoms with Crippen LogP contribution < -0.4 is 15.4 Å². The second-order valence-electron chi connectivity index (χ2n) is 6.95. The molecule has 0 spiro atoms. The highest BCUT2D eigenvalue weighted by Gasteiger charge is 2.28. The second-order valence-corrected chi connectivity index (χ2v) is 6.95. The zero-order valence-electron chi connectivity index (χ0n) is 17.5. The lowest BCUT2D eigenvalue weighted by atomic mass is 10.2. The number of benzene rings is 1. The first-order valence-electron chi connectivity index (χ1n) is 9.95. The van der Waals surface area contributed by atoms with Crippen LogP contribution in [0.1, 0.15) is 25.3 Å². The van der Waals surface area contributed by atoms with Crippen molar-refractivity contribution in [2.24, 2.45) is 4.99 Å². The van der Waals surface area contributed by atoms with Crippen molar-refractivity contribution >= 4 is 29.9 Å². The average Bonchev–Trinajstić information content (AvgIpc) is 3.14. The lowest BCUT2D eigenvalue weighted by Crippen LogP contribution is -2.45. The number of methoxy groups -OCH3 is 1. The van der Waals surface area contributed by atoms with Crippen LogP contribution in [0.25, 0.3) is 0 Å². The Morgan fingerprint density at radius 3 is 2.60 bits per heavy atom. The molecule has 1 aliphatic rings. The molecule has 30 heavy (non-hydrogen) atoms. The molecule has 1 unspecified atom stereocenters. The van der Waals surface area contributed by atoms with E-state index in [1.54, 1.807) is 19.2 Å². The SMILES string of the molecule is CCNC(=NCc1ccc(OCC(F)(F)F)cc1)NCC1CCCN1CCOC.I. The van der Waals surface area contributed by atoms with Crippen LogP contribution in [-0.2, 0) is 11.3 Å². The van der Waals surface area contributed by atoms with Crippen LogP contribution in [0.5, 0.6) is 5.75 Å². The fourth-order valence-electron chi connectivity index (χ4n) is 3.21. The van der Waals surface area contributed by atoms with Gasteiger partial charge in [-0.3, -0.25) is 4.90 Å². The number of nitrogens with one attached hydrogen (secondary N) is 2. The molecular weight excluding hydrogens is 512 g/mol. The predicted molar refractivity (Wildman–Crippen MR) is 123 cm³/mol. The highest BCUT2D eigenvalue weighted by Crippen LogP contribution is 2.19. The van der Waals surface area contributed by atoms with E-state index in [0.29, 0.717) is 12.6 Å². The molecule has 1 atom stereocenters. The number of rotatable bonds is 10. The number of hydrogen-bond donors (Lipinski definition) is 2. The monoisotopic (exact) mass is 544 g/mol. The number of alkyl halides is 3. The molecule has 1 fully saturated rings. The van der Waals surface area contributed by atoms with Crippen molar-refractivity contribution in [3.63, 3.8) is 0 Å². The molecule has 0 saturated carbocycles. The van der Waals surface area contributed by atoms with Gasteiger partial charge in [-0.2, -0.15) is 13.2 Å². The van der Waals surface area contributed by atoms with Gasteiger partial charge in [-0.1, -0.05) is 12.1 Å². The van der Waals surface area contributed by atoms with Crippen LogP contribution in [0.4, 0.5) is 13.2 Å². The number of aliphatic imine (C=N–C) groups is 1. The van der Waals surface area contributed by atoms with E-state index in [1.165, 1.54) is 18.6 Å². The van der Waals surface area contributed by atoms with Gasteiger partial charge < -0.3 is 20.1 Å². The molecule has 0 aromatic heterocycles.